The van der Waals surface area contributed by atoms with E-state index in [1.807, 2.05) is 13.1 Å². The SMILES string of the molecule is Cn1ccc2ccc(CC3=Cc4nccc(C(=O)O)c4C3)cc21. The predicted octanol–water partition coefficient (Wildman–Crippen LogP) is 3.45. The Hall–Kier alpha value is -2.88. The van der Waals surface area contributed by atoms with E-state index in [0.717, 1.165) is 17.7 Å². The van der Waals surface area contributed by atoms with Crippen molar-refractivity contribution in [1.29, 1.82) is 0 Å². The fraction of sp³-hybridized carbons (Fsp3) is 0.158. The molecule has 2 aromatic heterocycles. The average Bonchev–Trinajstić information content (AvgIpc) is 3.10. The lowest BCUT2D eigenvalue weighted by atomic mass is 10.0. The summed E-state index contributed by atoms with van der Waals surface area (Å²) in [6, 6.07) is 10.2. The Labute approximate surface area is 133 Å². The van der Waals surface area contributed by atoms with Gasteiger partial charge < -0.3 is 9.67 Å². The second kappa shape index (κ2) is 5.09. The van der Waals surface area contributed by atoms with Crippen molar-refractivity contribution >= 4 is 22.9 Å². The first kappa shape index (κ1) is 13.8. The molecule has 0 bridgehead atoms. The molecule has 1 aliphatic rings. The second-order valence-electron chi connectivity index (χ2n) is 6.00. The van der Waals surface area contributed by atoms with Crippen molar-refractivity contribution in [3.8, 4) is 0 Å². The number of aromatic carboxylic acids is 1. The molecule has 4 heteroatoms. The summed E-state index contributed by atoms with van der Waals surface area (Å²) in [7, 11) is 2.04. The normalized spacial score (nSPS) is 13.2. The quantitative estimate of drug-likeness (QED) is 0.806. The number of carbonyl (C=O) groups is 1. The molecule has 23 heavy (non-hydrogen) atoms. The van der Waals surface area contributed by atoms with Crippen LogP contribution >= 0.6 is 0 Å². The molecule has 0 unspecified atom stereocenters. The lowest BCUT2D eigenvalue weighted by Crippen LogP contribution is -2.03. The van der Waals surface area contributed by atoms with Gasteiger partial charge in [0.15, 0.2) is 0 Å². The first-order valence-electron chi connectivity index (χ1n) is 7.56. The highest BCUT2D eigenvalue weighted by molar-refractivity contribution is 5.91. The molecule has 114 valence electrons. The number of carboxylic acid groups (broad SMARTS) is 1. The minimum atomic E-state index is -0.886. The molecule has 4 nitrogen and oxygen atoms in total. The number of fused-ring (bicyclic) bond motifs is 2. The number of hydrogen-bond donors (Lipinski definition) is 1. The fourth-order valence-corrected chi connectivity index (χ4v) is 3.28. The molecule has 0 spiro atoms. The van der Waals surface area contributed by atoms with Crippen molar-refractivity contribution in [1.82, 2.24) is 9.55 Å². The summed E-state index contributed by atoms with van der Waals surface area (Å²) >= 11 is 0. The van der Waals surface area contributed by atoms with Crippen molar-refractivity contribution in [3.63, 3.8) is 0 Å². The second-order valence-corrected chi connectivity index (χ2v) is 6.00. The Kier molecular flexibility index (Phi) is 3.05. The minimum absolute atomic E-state index is 0.360. The van der Waals surface area contributed by atoms with Crippen molar-refractivity contribution in [3.05, 3.63) is 70.7 Å². The number of rotatable bonds is 3. The number of pyridine rings is 1. The molecule has 1 aliphatic carbocycles. The zero-order chi connectivity index (χ0) is 16.0. The highest BCUT2D eigenvalue weighted by Gasteiger charge is 2.20. The highest BCUT2D eigenvalue weighted by Crippen LogP contribution is 2.29. The topological polar surface area (TPSA) is 55.1 Å². The molecule has 0 aliphatic heterocycles. The Morgan fingerprint density at radius 3 is 3.00 bits per heavy atom. The van der Waals surface area contributed by atoms with Crippen LogP contribution in [0.4, 0.5) is 0 Å². The van der Waals surface area contributed by atoms with Crippen LogP contribution in [0.1, 0.15) is 27.2 Å². The van der Waals surface area contributed by atoms with Gasteiger partial charge in [-0.25, -0.2) is 4.79 Å². The number of carboxylic acids is 1. The smallest absolute Gasteiger partial charge is 0.336 e. The van der Waals surface area contributed by atoms with Crippen LogP contribution in [0.3, 0.4) is 0 Å². The summed E-state index contributed by atoms with van der Waals surface area (Å²) in [5.74, 6) is -0.886. The van der Waals surface area contributed by atoms with Gasteiger partial charge in [-0.3, -0.25) is 4.98 Å². The Balaban J connectivity index is 1.64. The summed E-state index contributed by atoms with van der Waals surface area (Å²) in [4.78, 5) is 15.6. The van der Waals surface area contributed by atoms with E-state index >= 15 is 0 Å². The first-order valence-corrected chi connectivity index (χ1v) is 7.56. The number of aromatic nitrogens is 2. The molecule has 0 atom stereocenters. The molecular formula is C19H16N2O2. The Morgan fingerprint density at radius 1 is 1.30 bits per heavy atom. The summed E-state index contributed by atoms with van der Waals surface area (Å²) in [6.45, 7) is 0. The van der Waals surface area contributed by atoms with E-state index in [-0.39, 0.29) is 0 Å². The van der Waals surface area contributed by atoms with Crippen LogP contribution in [0.5, 0.6) is 0 Å². The highest BCUT2D eigenvalue weighted by atomic mass is 16.4. The monoisotopic (exact) mass is 304 g/mol. The van der Waals surface area contributed by atoms with Crippen molar-refractivity contribution in [2.45, 2.75) is 12.8 Å². The van der Waals surface area contributed by atoms with Crippen LogP contribution in [-0.2, 0) is 19.9 Å². The van der Waals surface area contributed by atoms with E-state index in [0.29, 0.717) is 12.0 Å². The molecule has 1 N–H and O–H groups in total. The van der Waals surface area contributed by atoms with E-state index < -0.39 is 5.97 Å². The maximum atomic E-state index is 11.3. The van der Waals surface area contributed by atoms with E-state index in [1.54, 1.807) is 12.3 Å². The average molecular weight is 304 g/mol. The Morgan fingerprint density at radius 2 is 2.17 bits per heavy atom. The minimum Gasteiger partial charge on any atom is -0.478 e. The summed E-state index contributed by atoms with van der Waals surface area (Å²) in [5, 5.41) is 10.5. The van der Waals surface area contributed by atoms with Gasteiger partial charge in [-0.05, 0) is 53.6 Å². The van der Waals surface area contributed by atoms with Crippen LogP contribution in [-0.4, -0.2) is 20.6 Å². The van der Waals surface area contributed by atoms with Gasteiger partial charge in [0, 0.05) is 25.0 Å². The van der Waals surface area contributed by atoms with Gasteiger partial charge in [-0.15, -0.1) is 0 Å². The first-order chi connectivity index (χ1) is 11.1. The molecule has 0 amide bonds. The largest absolute Gasteiger partial charge is 0.478 e. The fourth-order valence-electron chi connectivity index (χ4n) is 3.28. The van der Waals surface area contributed by atoms with E-state index in [4.69, 9.17) is 0 Å². The van der Waals surface area contributed by atoms with Gasteiger partial charge >= 0.3 is 5.97 Å². The lowest BCUT2D eigenvalue weighted by Gasteiger charge is -2.06. The number of aryl methyl sites for hydroxylation is 1. The van der Waals surface area contributed by atoms with Gasteiger partial charge in [-0.1, -0.05) is 17.7 Å². The lowest BCUT2D eigenvalue weighted by molar-refractivity contribution is 0.0695. The zero-order valence-corrected chi connectivity index (χ0v) is 12.8. The number of nitrogens with zero attached hydrogens (tertiary/aromatic N) is 2. The Bertz CT molecular complexity index is 967. The molecule has 4 rings (SSSR count). The molecule has 0 saturated heterocycles. The van der Waals surface area contributed by atoms with E-state index in [2.05, 4.69) is 40.0 Å². The number of allylic oxidation sites excluding steroid dienone is 1. The molecule has 2 heterocycles. The third-order valence-corrected chi connectivity index (χ3v) is 4.45. The van der Waals surface area contributed by atoms with Gasteiger partial charge in [0.25, 0.3) is 0 Å². The van der Waals surface area contributed by atoms with Crippen LogP contribution in [0.2, 0.25) is 0 Å². The van der Waals surface area contributed by atoms with Crippen LogP contribution in [0.15, 0.2) is 48.3 Å². The molecule has 3 aromatic rings. The van der Waals surface area contributed by atoms with Crippen LogP contribution in [0.25, 0.3) is 17.0 Å². The molecule has 1 aromatic carbocycles. The third-order valence-electron chi connectivity index (χ3n) is 4.45. The maximum absolute atomic E-state index is 11.3. The molecule has 0 fully saturated rings. The van der Waals surface area contributed by atoms with E-state index in [9.17, 15) is 9.90 Å². The van der Waals surface area contributed by atoms with Crippen molar-refractivity contribution in [2.24, 2.45) is 7.05 Å². The summed E-state index contributed by atoms with van der Waals surface area (Å²) in [5.41, 5.74) is 5.63. The zero-order valence-electron chi connectivity index (χ0n) is 12.8. The predicted molar refractivity (Wildman–Crippen MR) is 89.5 cm³/mol. The molecule has 0 saturated carbocycles. The van der Waals surface area contributed by atoms with Crippen LogP contribution in [0, 0.1) is 0 Å². The summed E-state index contributed by atoms with van der Waals surface area (Å²) < 4.78 is 2.11. The molecular weight excluding hydrogens is 288 g/mol. The third kappa shape index (κ3) is 2.32. The standard InChI is InChI=1S/C19H16N2O2/c1-21-7-5-14-3-2-12(11-18(14)21)8-13-9-16-15(19(22)23)4-6-20-17(16)10-13/h2-7,10-11H,8-9H2,1H3,(H,22,23). The summed E-state index contributed by atoms with van der Waals surface area (Å²) in [6.07, 6.45) is 7.13. The maximum Gasteiger partial charge on any atom is 0.336 e. The van der Waals surface area contributed by atoms with E-state index in [1.165, 1.54) is 22.0 Å². The number of benzene rings is 1. The van der Waals surface area contributed by atoms with Crippen molar-refractivity contribution < 1.29 is 9.90 Å². The molecule has 0 radical (unpaired) electrons. The number of hydrogen-bond acceptors (Lipinski definition) is 2. The van der Waals surface area contributed by atoms with Gasteiger partial charge in [0.1, 0.15) is 0 Å². The van der Waals surface area contributed by atoms with Gasteiger partial charge in [0.05, 0.1) is 11.3 Å². The van der Waals surface area contributed by atoms with Crippen LogP contribution < -0.4 is 0 Å². The van der Waals surface area contributed by atoms with Gasteiger partial charge in [-0.2, -0.15) is 0 Å². The van der Waals surface area contributed by atoms with Crippen molar-refractivity contribution in [2.75, 3.05) is 0 Å². The van der Waals surface area contributed by atoms with Gasteiger partial charge in [0.2, 0.25) is 0 Å².